The smallest absolute Gasteiger partial charge is 0.254 e. The van der Waals surface area contributed by atoms with Gasteiger partial charge in [0.2, 0.25) is 5.88 Å². The van der Waals surface area contributed by atoms with Crippen LogP contribution in [0.4, 0.5) is 8.78 Å². The highest BCUT2D eigenvalue weighted by Gasteiger charge is 2.35. The Labute approximate surface area is 127 Å². The van der Waals surface area contributed by atoms with Crippen LogP contribution in [0.2, 0.25) is 0 Å². The number of nitrogens with zero attached hydrogens (tertiary/aromatic N) is 2. The molecule has 1 atom stereocenters. The maximum absolute atomic E-state index is 13.2. The Morgan fingerprint density at radius 3 is 2.86 bits per heavy atom. The van der Waals surface area contributed by atoms with Crippen LogP contribution in [0, 0.1) is 0 Å². The molecule has 1 aromatic rings. The third kappa shape index (κ3) is 3.52. The Hall–Kier alpha value is -1.76. The van der Waals surface area contributed by atoms with E-state index in [1.807, 2.05) is 0 Å². The van der Waals surface area contributed by atoms with E-state index in [2.05, 4.69) is 4.98 Å². The third-order valence-corrected chi connectivity index (χ3v) is 3.94. The molecule has 0 aromatic carbocycles. The van der Waals surface area contributed by atoms with Gasteiger partial charge in [-0.15, -0.1) is 0 Å². The van der Waals surface area contributed by atoms with Gasteiger partial charge >= 0.3 is 0 Å². The Morgan fingerprint density at radius 2 is 2.18 bits per heavy atom. The second kappa shape index (κ2) is 6.16. The minimum atomic E-state index is -2.66. The van der Waals surface area contributed by atoms with E-state index in [-0.39, 0.29) is 37.9 Å². The molecule has 0 spiro atoms. The molecule has 2 fully saturated rings. The van der Waals surface area contributed by atoms with Crippen molar-refractivity contribution < 1.29 is 23.0 Å². The van der Waals surface area contributed by atoms with Crippen molar-refractivity contribution in [2.45, 2.75) is 31.3 Å². The average molecular weight is 312 g/mol. The minimum absolute atomic E-state index is 0.0495. The highest BCUT2D eigenvalue weighted by atomic mass is 19.3. The molecule has 0 radical (unpaired) electrons. The normalized spacial score (nSPS) is 24.3. The van der Waals surface area contributed by atoms with E-state index in [0.29, 0.717) is 24.7 Å². The van der Waals surface area contributed by atoms with E-state index in [9.17, 15) is 13.6 Å². The van der Waals surface area contributed by atoms with Crippen LogP contribution in [-0.2, 0) is 4.74 Å². The number of pyridine rings is 1. The second-order valence-corrected chi connectivity index (χ2v) is 5.63. The number of aromatic nitrogens is 1. The van der Waals surface area contributed by atoms with Crippen LogP contribution in [-0.4, -0.2) is 54.1 Å². The van der Waals surface area contributed by atoms with Crippen LogP contribution in [0.1, 0.15) is 29.6 Å². The molecule has 120 valence electrons. The van der Waals surface area contributed by atoms with Crippen LogP contribution in [0.5, 0.6) is 5.88 Å². The molecule has 3 heterocycles. The first-order valence-electron chi connectivity index (χ1n) is 7.41. The van der Waals surface area contributed by atoms with Gasteiger partial charge in [-0.2, -0.15) is 0 Å². The van der Waals surface area contributed by atoms with Gasteiger partial charge in [0.15, 0.2) is 0 Å². The van der Waals surface area contributed by atoms with Crippen LogP contribution in [0.15, 0.2) is 18.3 Å². The summed E-state index contributed by atoms with van der Waals surface area (Å²) in [6.07, 6.45) is 1.67. The van der Waals surface area contributed by atoms with Crippen LogP contribution in [0.3, 0.4) is 0 Å². The van der Waals surface area contributed by atoms with Gasteiger partial charge in [0.1, 0.15) is 6.10 Å². The molecule has 0 saturated carbocycles. The molecular formula is C15H18F2N2O3. The van der Waals surface area contributed by atoms with Gasteiger partial charge in [0.05, 0.1) is 13.2 Å². The van der Waals surface area contributed by atoms with Gasteiger partial charge in [0.25, 0.3) is 11.8 Å². The molecule has 0 aliphatic carbocycles. The standard InChI is InChI=1S/C15H18F2N2O3/c16-15(17)3-6-19(7-4-15)14(20)11-1-5-18-13(9-11)22-12-2-8-21-10-12/h1,5,9,12H,2-4,6-8,10H2. The summed E-state index contributed by atoms with van der Waals surface area (Å²) in [4.78, 5) is 17.9. The van der Waals surface area contributed by atoms with Crippen molar-refractivity contribution in [3.8, 4) is 5.88 Å². The first-order valence-corrected chi connectivity index (χ1v) is 7.41. The lowest BCUT2D eigenvalue weighted by molar-refractivity contribution is -0.0494. The van der Waals surface area contributed by atoms with Gasteiger partial charge in [0, 0.05) is 50.2 Å². The number of piperidine rings is 1. The van der Waals surface area contributed by atoms with E-state index in [1.165, 1.54) is 11.1 Å². The maximum atomic E-state index is 13.2. The minimum Gasteiger partial charge on any atom is -0.472 e. The summed E-state index contributed by atoms with van der Waals surface area (Å²) in [5, 5.41) is 0. The molecule has 2 aliphatic rings. The zero-order valence-corrected chi connectivity index (χ0v) is 12.1. The summed E-state index contributed by atoms with van der Waals surface area (Å²) in [5.74, 6) is -2.56. The molecule has 22 heavy (non-hydrogen) atoms. The van der Waals surface area contributed by atoms with Crippen molar-refractivity contribution in [1.82, 2.24) is 9.88 Å². The van der Waals surface area contributed by atoms with Gasteiger partial charge < -0.3 is 14.4 Å². The molecule has 2 aliphatic heterocycles. The van der Waals surface area contributed by atoms with Crippen molar-refractivity contribution in [2.75, 3.05) is 26.3 Å². The van der Waals surface area contributed by atoms with Gasteiger partial charge in [-0.05, 0) is 6.07 Å². The molecule has 1 unspecified atom stereocenters. The molecule has 5 nitrogen and oxygen atoms in total. The molecule has 2 saturated heterocycles. The van der Waals surface area contributed by atoms with Crippen molar-refractivity contribution in [2.24, 2.45) is 0 Å². The third-order valence-electron chi connectivity index (χ3n) is 3.94. The molecule has 1 amide bonds. The fraction of sp³-hybridized carbons (Fsp3) is 0.600. The van der Waals surface area contributed by atoms with Crippen molar-refractivity contribution in [3.63, 3.8) is 0 Å². The van der Waals surface area contributed by atoms with Gasteiger partial charge in [-0.1, -0.05) is 0 Å². The van der Waals surface area contributed by atoms with E-state index in [4.69, 9.17) is 9.47 Å². The van der Waals surface area contributed by atoms with Crippen molar-refractivity contribution >= 4 is 5.91 Å². The number of halogens is 2. The largest absolute Gasteiger partial charge is 0.472 e. The van der Waals surface area contributed by atoms with Crippen molar-refractivity contribution in [3.05, 3.63) is 23.9 Å². The predicted molar refractivity (Wildman–Crippen MR) is 74.2 cm³/mol. The number of carbonyl (C=O) groups is 1. The molecule has 0 bridgehead atoms. The first kappa shape index (κ1) is 15.1. The lowest BCUT2D eigenvalue weighted by atomic mass is 10.1. The quantitative estimate of drug-likeness (QED) is 0.858. The summed E-state index contributed by atoms with van der Waals surface area (Å²) in [6.45, 7) is 1.31. The lowest BCUT2D eigenvalue weighted by Gasteiger charge is -2.31. The van der Waals surface area contributed by atoms with E-state index in [1.54, 1.807) is 12.1 Å². The van der Waals surface area contributed by atoms with Gasteiger partial charge in [-0.3, -0.25) is 4.79 Å². The summed E-state index contributed by atoms with van der Waals surface area (Å²) >= 11 is 0. The van der Waals surface area contributed by atoms with E-state index in [0.717, 1.165) is 6.42 Å². The Bertz CT molecular complexity index is 537. The second-order valence-electron chi connectivity index (χ2n) is 5.63. The van der Waals surface area contributed by atoms with Crippen LogP contribution < -0.4 is 4.74 Å². The Morgan fingerprint density at radius 1 is 1.41 bits per heavy atom. The number of ether oxygens (including phenoxy) is 2. The Kier molecular flexibility index (Phi) is 4.24. The number of hydrogen-bond donors (Lipinski definition) is 0. The highest BCUT2D eigenvalue weighted by Crippen LogP contribution is 2.28. The zero-order chi connectivity index (χ0) is 15.6. The average Bonchev–Trinajstić information content (AvgIpc) is 3.00. The summed E-state index contributed by atoms with van der Waals surface area (Å²) in [5.41, 5.74) is 0.411. The molecule has 1 aromatic heterocycles. The molecule has 3 rings (SSSR count). The maximum Gasteiger partial charge on any atom is 0.254 e. The zero-order valence-electron chi connectivity index (χ0n) is 12.1. The SMILES string of the molecule is O=C(c1ccnc(OC2CCOC2)c1)N1CCC(F)(F)CC1. The molecule has 7 heteroatoms. The Balaban J connectivity index is 1.65. The van der Waals surface area contributed by atoms with Crippen molar-refractivity contribution in [1.29, 1.82) is 0 Å². The number of likely N-dealkylation sites (tertiary alicyclic amines) is 1. The number of hydrogen-bond acceptors (Lipinski definition) is 4. The monoisotopic (exact) mass is 312 g/mol. The first-order chi connectivity index (χ1) is 10.5. The number of alkyl halides is 2. The molecule has 0 N–H and O–H groups in total. The fourth-order valence-electron chi connectivity index (χ4n) is 2.60. The predicted octanol–water partition coefficient (Wildman–Crippen LogP) is 2.12. The molecular weight excluding hydrogens is 294 g/mol. The van der Waals surface area contributed by atoms with E-state index < -0.39 is 5.92 Å². The van der Waals surface area contributed by atoms with Crippen LogP contribution >= 0.6 is 0 Å². The summed E-state index contributed by atoms with van der Waals surface area (Å²) in [7, 11) is 0. The summed E-state index contributed by atoms with van der Waals surface area (Å²) < 4.78 is 37.2. The number of amides is 1. The van der Waals surface area contributed by atoms with Gasteiger partial charge in [-0.25, -0.2) is 13.8 Å². The van der Waals surface area contributed by atoms with E-state index >= 15 is 0 Å². The fourth-order valence-corrected chi connectivity index (χ4v) is 2.60. The topological polar surface area (TPSA) is 51.7 Å². The van der Waals surface area contributed by atoms with Crippen LogP contribution in [0.25, 0.3) is 0 Å². The highest BCUT2D eigenvalue weighted by molar-refractivity contribution is 5.94. The number of rotatable bonds is 3. The number of carbonyl (C=O) groups excluding carboxylic acids is 1. The lowest BCUT2D eigenvalue weighted by Crippen LogP contribution is -2.42. The summed E-state index contributed by atoms with van der Waals surface area (Å²) in [6, 6.07) is 3.14.